The van der Waals surface area contributed by atoms with Crippen LogP contribution in [0.15, 0.2) is 36.5 Å². The van der Waals surface area contributed by atoms with Gasteiger partial charge >= 0.3 is 23.9 Å². The van der Waals surface area contributed by atoms with E-state index in [1.165, 1.54) is 180 Å². The van der Waals surface area contributed by atoms with Gasteiger partial charge in [-0.05, 0) is 57.8 Å². The van der Waals surface area contributed by atoms with E-state index < -0.39 is 67.3 Å². The van der Waals surface area contributed by atoms with Gasteiger partial charge in [-0.15, -0.1) is 0 Å². The number of aliphatic hydroxyl groups excluding tert-OH is 2. The van der Waals surface area contributed by atoms with Crippen molar-refractivity contribution in [2.45, 2.75) is 366 Å². The van der Waals surface area contributed by atoms with Crippen molar-refractivity contribution in [3.8, 4) is 0 Å². The molecule has 0 aromatic rings. The van der Waals surface area contributed by atoms with Crippen LogP contribution in [0.2, 0.25) is 0 Å². The van der Waals surface area contributed by atoms with Crippen molar-refractivity contribution in [1.82, 2.24) is 0 Å². The standard InChI is InChI=1S/C69H124O12/c1-4-7-10-13-16-19-22-25-27-29-31-33-35-38-40-43-46-49-52-55-61(70)77-58-60(79-62(71)56-53-50-47-44-41-37-24-21-18-15-12-9-6-3)59-78-69-67(65(74)64(73)66(81-69)68(75)76)80-63(72)57-54-51-48-45-42-39-36-34-32-30-28-26-23-20-17-14-11-8-5-2/h17,20,26,28,32,34,60,64-67,69,73-74H,4-16,18-19,21-25,27,29-31,33,35-59H2,1-3H3,(H,75,76)/b20-17-,28-26-,34-32-. The summed E-state index contributed by atoms with van der Waals surface area (Å²) in [5.74, 6) is -3.10. The van der Waals surface area contributed by atoms with E-state index in [1.54, 1.807) is 0 Å². The lowest BCUT2D eigenvalue weighted by Gasteiger charge is -2.40. The Hall–Kier alpha value is -3.06. The molecular formula is C69H124O12. The van der Waals surface area contributed by atoms with Crippen LogP contribution in [0.5, 0.6) is 0 Å². The highest BCUT2D eigenvalue weighted by Gasteiger charge is 2.50. The molecule has 0 aliphatic carbocycles. The third kappa shape index (κ3) is 46.9. The van der Waals surface area contributed by atoms with Gasteiger partial charge in [-0.3, -0.25) is 14.4 Å². The van der Waals surface area contributed by atoms with E-state index in [0.29, 0.717) is 19.3 Å². The van der Waals surface area contributed by atoms with Crippen molar-refractivity contribution >= 4 is 23.9 Å². The minimum Gasteiger partial charge on any atom is -0.479 e. The maximum absolute atomic E-state index is 13.2. The summed E-state index contributed by atoms with van der Waals surface area (Å²) in [5, 5.41) is 31.6. The summed E-state index contributed by atoms with van der Waals surface area (Å²) in [5.41, 5.74) is 0. The van der Waals surface area contributed by atoms with Crippen LogP contribution in [0.25, 0.3) is 0 Å². The minimum absolute atomic E-state index is 0.0498. The lowest BCUT2D eigenvalue weighted by molar-refractivity contribution is -0.301. The van der Waals surface area contributed by atoms with Crippen molar-refractivity contribution in [3.63, 3.8) is 0 Å². The molecule has 0 saturated carbocycles. The summed E-state index contributed by atoms with van der Waals surface area (Å²) in [7, 11) is 0. The van der Waals surface area contributed by atoms with Gasteiger partial charge in [0.1, 0.15) is 18.8 Å². The minimum atomic E-state index is -1.90. The average Bonchev–Trinajstić information content (AvgIpc) is 3.54. The van der Waals surface area contributed by atoms with Gasteiger partial charge in [-0.2, -0.15) is 0 Å². The second-order valence-corrected chi connectivity index (χ2v) is 23.5. The molecule has 6 atom stereocenters. The molecule has 0 aromatic heterocycles. The molecule has 0 spiro atoms. The highest BCUT2D eigenvalue weighted by Crippen LogP contribution is 2.27. The summed E-state index contributed by atoms with van der Waals surface area (Å²) >= 11 is 0. The summed E-state index contributed by atoms with van der Waals surface area (Å²) in [6, 6.07) is 0. The first-order valence-corrected chi connectivity index (χ1v) is 34.0. The fourth-order valence-corrected chi connectivity index (χ4v) is 10.5. The van der Waals surface area contributed by atoms with E-state index in [2.05, 4.69) is 57.2 Å². The van der Waals surface area contributed by atoms with Crippen molar-refractivity contribution in [1.29, 1.82) is 0 Å². The Bertz CT molecular complexity index is 1550. The van der Waals surface area contributed by atoms with Gasteiger partial charge in [0.15, 0.2) is 24.6 Å². The number of aliphatic carboxylic acids is 1. The number of carbonyl (C=O) groups excluding carboxylic acids is 3. The number of hydrogen-bond acceptors (Lipinski definition) is 11. The first-order chi connectivity index (χ1) is 39.6. The molecule has 3 N–H and O–H groups in total. The largest absolute Gasteiger partial charge is 0.479 e. The number of carboxylic acids is 1. The molecule has 1 rings (SSSR count). The Kier molecular flexibility index (Phi) is 53.8. The van der Waals surface area contributed by atoms with Crippen LogP contribution in [0.3, 0.4) is 0 Å². The maximum Gasteiger partial charge on any atom is 0.335 e. The second-order valence-electron chi connectivity index (χ2n) is 23.5. The SMILES string of the molecule is CCCCC/C=C\C/C=C\C/C=C\CCCCCCCCC(=O)OC1C(OCC(COC(=O)CCCCCCCCCCCCCCCCCCCCC)OC(=O)CCCCCCCCCCCCCCC)OC(C(=O)O)C(O)C1O. The molecule has 1 aliphatic heterocycles. The van der Waals surface area contributed by atoms with Crippen LogP contribution < -0.4 is 0 Å². The molecule has 0 bridgehead atoms. The van der Waals surface area contributed by atoms with Crippen molar-refractivity contribution in [2.75, 3.05) is 13.2 Å². The Labute approximate surface area is 495 Å². The number of unbranched alkanes of at least 4 members (excludes halogenated alkanes) is 39. The van der Waals surface area contributed by atoms with Crippen LogP contribution in [0.1, 0.15) is 329 Å². The molecule has 12 nitrogen and oxygen atoms in total. The number of allylic oxidation sites excluding steroid dienone is 6. The van der Waals surface area contributed by atoms with Crippen LogP contribution in [-0.4, -0.2) is 89.2 Å². The van der Waals surface area contributed by atoms with Gasteiger partial charge in [-0.1, -0.05) is 288 Å². The molecule has 472 valence electrons. The fourth-order valence-electron chi connectivity index (χ4n) is 10.5. The number of hydrogen-bond donors (Lipinski definition) is 3. The zero-order chi connectivity index (χ0) is 58.9. The van der Waals surface area contributed by atoms with Gasteiger partial charge in [0.05, 0.1) is 6.61 Å². The zero-order valence-corrected chi connectivity index (χ0v) is 52.3. The maximum atomic E-state index is 13.2. The zero-order valence-electron chi connectivity index (χ0n) is 52.3. The first kappa shape index (κ1) is 76.0. The summed E-state index contributed by atoms with van der Waals surface area (Å²) in [6.45, 7) is 6.02. The van der Waals surface area contributed by atoms with Gasteiger partial charge < -0.3 is 39.0 Å². The Morgan fingerprint density at radius 2 is 0.741 bits per heavy atom. The third-order valence-electron chi connectivity index (χ3n) is 15.7. The fraction of sp³-hybridized carbons (Fsp3) is 0.855. The van der Waals surface area contributed by atoms with Crippen LogP contribution in [0.4, 0.5) is 0 Å². The molecular weight excluding hydrogens is 1020 g/mol. The highest BCUT2D eigenvalue weighted by atomic mass is 16.7. The smallest absolute Gasteiger partial charge is 0.335 e. The number of esters is 3. The Balaban J connectivity index is 2.61. The summed E-state index contributed by atoms with van der Waals surface area (Å²) in [4.78, 5) is 51.4. The van der Waals surface area contributed by atoms with E-state index in [9.17, 15) is 34.5 Å². The summed E-state index contributed by atoms with van der Waals surface area (Å²) < 4.78 is 28.6. The number of rotatable bonds is 59. The van der Waals surface area contributed by atoms with E-state index in [0.717, 1.165) is 89.9 Å². The molecule has 1 saturated heterocycles. The molecule has 1 heterocycles. The van der Waals surface area contributed by atoms with Crippen LogP contribution in [-0.2, 0) is 42.9 Å². The quantitative estimate of drug-likeness (QED) is 0.0228. The van der Waals surface area contributed by atoms with Crippen molar-refractivity contribution in [2.24, 2.45) is 0 Å². The Morgan fingerprint density at radius 1 is 0.407 bits per heavy atom. The number of carbonyl (C=O) groups is 4. The lowest BCUT2D eigenvalue weighted by atomic mass is 9.98. The lowest BCUT2D eigenvalue weighted by Crippen LogP contribution is -2.61. The van der Waals surface area contributed by atoms with Gasteiger partial charge in [0.2, 0.25) is 0 Å². The molecule has 12 heteroatoms. The van der Waals surface area contributed by atoms with Gasteiger partial charge in [0.25, 0.3) is 0 Å². The highest BCUT2D eigenvalue weighted by molar-refractivity contribution is 5.74. The molecule has 1 aliphatic rings. The van der Waals surface area contributed by atoms with Crippen molar-refractivity contribution in [3.05, 3.63) is 36.5 Å². The van der Waals surface area contributed by atoms with Gasteiger partial charge in [0, 0.05) is 19.3 Å². The van der Waals surface area contributed by atoms with Crippen LogP contribution in [0, 0.1) is 0 Å². The Morgan fingerprint density at radius 3 is 1.15 bits per heavy atom. The first-order valence-electron chi connectivity index (χ1n) is 34.0. The van der Waals surface area contributed by atoms with Crippen LogP contribution >= 0.6 is 0 Å². The van der Waals surface area contributed by atoms with Gasteiger partial charge in [-0.25, -0.2) is 4.79 Å². The molecule has 0 radical (unpaired) electrons. The molecule has 6 unspecified atom stereocenters. The van der Waals surface area contributed by atoms with E-state index >= 15 is 0 Å². The molecule has 1 fully saturated rings. The number of aliphatic hydroxyl groups is 2. The van der Waals surface area contributed by atoms with E-state index in [4.69, 9.17) is 23.7 Å². The predicted octanol–water partition coefficient (Wildman–Crippen LogP) is 18.4. The number of carboxylic acid groups (broad SMARTS) is 1. The molecule has 0 amide bonds. The summed E-state index contributed by atoms with van der Waals surface area (Å²) in [6.07, 6.45) is 56.7. The van der Waals surface area contributed by atoms with Crippen molar-refractivity contribution < 1.29 is 58.2 Å². The molecule has 81 heavy (non-hydrogen) atoms. The predicted molar refractivity (Wildman–Crippen MR) is 331 cm³/mol. The second kappa shape index (κ2) is 57.4. The monoisotopic (exact) mass is 1140 g/mol. The van der Waals surface area contributed by atoms with E-state index in [1.807, 2.05) is 0 Å². The average molecular weight is 1150 g/mol. The topological polar surface area (TPSA) is 175 Å². The molecule has 0 aromatic carbocycles. The number of ether oxygens (including phenoxy) is 5. The third-order valence-corrected chi connectivity index (χ3v) is 15.7. The normalized spacial score (nSPS) is 17.9. The van der Waals surface area contributed by atoms with E-state index in [-0.39, 0.29) is 25.9 Å².